The van der Waals surface area contributed by atoms with E-state index in [0.29, 0.717) is 24.3 Å². The molecule has 0 saturated carbocycles. The summed E-state index contributed by atoms with van der Waals surface area (Å²) in [5, 5.41) is 2.71. The number of amides is 2. The number of pyridine rings is 1. The first-order valence-electron chi connectivity index (χ1n) is 8.25. The van der Waals surface area contributed by atoms with Gasteiger partial charge in [-0.05, 0) is 45.0 Å². The van der Waals surface area contributed by atoms with Gasteiger partial charge in [-0.3, -0.25) is 14.6 Å². The summed E-state index contributed by atoms with van der Waals surface area (Å²) in [4.78, 5) is 30.6. The molecule has 1 N–H and O–H groups in total. The van der Waals surface area contributed by atoms with Crippen LogP contribution in [-0.4, -0.2) is 41.3 Å². The molecular formula is C19H22BrN3O2. The Morgan fingerprint density at radius 2 is 1.96 bits per heavy atom. The number of likely N-dealkylation sites (N-methyl/N-ethyl adjacent to an activating group) is 2. The van der Waals surface area contributed by atoms with Gasteiger partial charge in [0.2, 0.25) is 5.91 Å². The summed E-state index contributed by atoms with van der Waals surface area (Å²) in [5.41, 5.74) is 2.95. The van der Waals surface area contributed by atoms with Crippen molar-refractivity contribution in [2.75, 3.05) is 19.6 Å². The fraction of sp³-hybridized carbons (Fsp3) is 0.316. The minimum atomic E-state index is -0.181. The highest BCUT2D eigenvalue weighted by atomic mass is 79.9. The Kier molecular flexibility index (Phi) is 6.70. The van der Waals surface area contributed by atoms with E-state index in [9.17, 15) is 9.59 Å². The van der Waals surface area contributed by atoms with Gasteiger partial charge < -0.3 is 10.2 Å². The van der Waals surface area contributed by atoms with Crippen LogP contribution in [0, 0.1) is 6.92 Å². The van der Waals surface area contributed by atoms with Crippen LogP contribution in [-0.2, 0) is 4.79 Å². The second-order valence-electron chi connectivity index (χ2n) is 5.61. The van der Waals surface area contributed by atoms with Crippen molar-refractivity contribution in [1.82, 2.24) is 15.2 Å². The molecule has 2 amide bonds. The molecule has 0 fully saturated rings. The molecule has 0 aliphatic heterocycles. The minimum absolute atomic E-state index is 0.0516. The van der Waals surface area contributed by atoms with Gasteiger partial charge in [0.15, 0.2) is 0 Å². The Morgan fingerprint density at radius 3 is 2.56 bits per heavy atom. The van der Waals surface area contributed by atoms with Crippen molar-refractivity contribution in [3.8, 4) is 11.3 Å². The number of rotatable bonds is 6. The average Bonchev–Trinajstić information content (AvgIpc) is 2.59. The number of hydrogen-bond acceptors (Lipinski definition) is 3. The van der Waals surface area contributed by atoms with E-state index in [2.05, 4.69) is 26.2 Å². The number of aromatic nitrogens is 1. The Hall–Kier alpha value is -2.21. The Bertz CT molecular complexity index is 777. The molecule has 0 aliphatic carbocycles. The van der Waals surface area contributed by atoms with Gasteiger partial charge in [-0.25, -0.2) is 0 Å². The number of hydrogen-bond donors (Lipinski definition) is 1. The second-order valence-corrected chi connectivity index (χ2v) is 6.53. The van der Waals surface area contributed by atoms with Crippen LogP contribution in [0.25, 0.3) is 11.3 Å². The van der Waals surface area contributed by atoms with Crippen molar-refractivity contribution in [1.29, 1.82) is 0 Å². The van der Waals surface area contributed by atoms with Gasteiger partial charge in [0.25, 0.3) is 5.91 Å². The fourth-order valence-electron chi connectivity index (χ4n) is 2.52. The predicted octanol–water partition coefficient (Wildman–Crippen LogP) is 3.42. The zero-order valence-electron chi connectivity index (χ0n) is 14.7. The average molecular weight is 404 g/mol. The number of halogens is 1. The molecular weight excluding hydrogens is 382 g/mol. The van der Waals surface area contributed by atoms with Gasteiger partial charge >= 0.3 is 0 Å². The van der Waals surface area contributed by atoms with Crippen LogP contribution in [0.4, 0.5) is 0 Å². The number of nitrogens with zero attached hydrogens (tertiary/aromatic N) is 2. The van der Waals surface area contributed by atoms with Gasteiger partial charge in [0, 0.05) is 23.1 Å². The molecule has 6 heteroatoms. The van der Waals surface area contributed by atoms with Gasteiger partial charge in [-0.1, -0.05) is 28.1 Å². The standard InChI is InChI=1S/C19H22BrN3O2/c1-4-21-18(24)12-23(5-2)19(25)16-9-10-17(22-13(16)3)14-7-6-8-15(20)11-14/h6-11H,4-5,12H2,1-3H3,(H,21,24). The lowest BCUT2D eigenvalue weighted by Crippen LogP contribution is -2.40. The molecule has 1 heterocycles. The summed E-state index contributed by atoms with van der Waals surface area (Å²) in [6.07, 6.45) is 0. The zero-order chi connectivity index (χ0) is 18.4. The van der Waals surface area contributed by atoms with E-state index in [0.717, 1.165) is 15.7 Å². The first-order valence-corrected chi connectivity index (χ1v) is 9.05. The zero-order valence-corrected chi connectivity index (χ0v) is 16.3. The van der Waals surface area contributed by atoms with Crippen LogP contribution < -0.4 is 5.32 Å². The Balaban J connectivity index is 2.24. The van der Waals surface area contributed by atoms with Crippen LogP contribution in [0.2, 0.25) is 0 Å². The fourth-order valence-corrected chi connectivity index (χ4v) is 2.92. The first kappa shape index (κ1) is 19.1. The molecule has 0 atom stereocenters. The summed E-state index contributed by atoms with van der Waals surface area (Å²) >= 11 is 3.45. The van der Waals surface area contributed by atoms with Crippen LogP contribution in [0.5, 0.6) is 0 Å². The van der Waals surface area contributed by atoms with Crippen molar-refractivity contribution in [2.24, 2.45) is 0 Å². The second kappa shape index (κ2) is 8.76. The van der Waals surface area contributed by atoms with E-state index in [1.165, 1.54) is 4.90 Å². The van der Waals surface area contributed by atoms with E-state index in [4.69, 9.17) is 0 Å². The summed E-state index contributed by atoms with van der Waals surface area (Å²) in [7, 11) is 0. The number of benzene rings is 1. The SMILES string of the molecule is CCNC(=O)CN(CC)C(=O)c1ccc(-c2cccc(Br)c2)nc1C. The van der Waals surface area contributed by atoms with Crippen LogP contribution in [0.15, 0.2) is 40.9 Å². The molecule has 0 saturated heterocycles. The molecule has 2 aromatic rings. The largest absolute Gasteiger partial charge is 0.355 e. The molecule has 0 unspecified atom stereocenters. The highest BCUT2D eigenvalue weighted by Gasteiger charge is 2.19. The van der Waals surface area contributed by atoms with E-state index in [1.54, 1.807) is 6.07 Å². The lowest BCUT2D eigenvalue weighted by molar-refractivity contribution is -0.121. The van der Waals surface area contributed by atoms with Gasteiger partial charge in [0.05, 0.1) is 23.5 Å². The highest BCUT2D eigenvalue weighted by molar-refractivity contribution is 9.10. The lowest BCUT2D eigenvalue weighted by atomic mass is 10.1. The molecule has 5 nitrogen and oxygen atoms in total. The van der Waals surface area contributed by atoms with Crippen LogP contribution in [0.1, 0.15) is 29.9 Å². The summed E-state index contributed by atoms with van der Waals surface area (Å²) < 4.78 is 0.976. The number of carbonyl (C=O) groups is 2. The first-order chi connectivity index (χ1) is 12.0. The number of carbonyl (C=O) groups excluding carboxylic acids is 2. The van der Waals surface area contributed by atoms with Gasteiger partial charge in [0.1, 0.15) is 0 Å². The maximum Gasteiger partial charge on any atom is 0.256 e. The van der Waals surface area contributed by atoms with E-state index in [1.807, 2.05) is 51.1 Å². The number of nitrogens with one attached hydrogen (secondary N) is 1. The predicted molar refractivity (Wildman–Crippen MR) is 102 cm³/mol. The maximum atomic E-state index is 12.7. The molecule has 0 radical (unpaired) electrons. The third kappa shape index (κ3) is 4.89. The van der Waals surface area contributed by atoms with Gasteiger partial charge in [-0.15, -0.1) is 0 Å². The highest BCUT2D eigenvalue weighted by Crippen LogP contribution is 2.23. The van der Waals surface area contributed by atoms with Crippen molar-refractivity contribution in [3.05, 3.63) is 52.1 Å². The van der Waals surface area contributed by atoms with Crippen molar-refractivity contribution < 1.29 is 9.59 Å². The van der Waals surface area contributed by atoms with E-state index >= 15 is 0 Å². The van der Waals surface area contributed by atoms with Crippen molar-refractivity contribution in [2.45, 2.75) is 20.8 Å². The molecule has 0 spiro atoms. The topological polar surface area (TPSA) is 62.3 Å². The van der Waals surface area contributed by atoms with Gasteiger partial charge in [-0.2, -0.15) is 0 Å². The van der Waals surface area contributed by atoms with E-state index < -0.39 is 0 Å². The normalized spacial score (nSPS) is 10.4. The summed E-state index contributed by atoms with van der Waals surface area (Å²) in [6, 6.07) is 11.5. The van der Waals surface area contributed by atoms with Crippen molar-refractivity contribution in [3.63, 3.8) is 0 Å². The molecule has 25 heavy (non-hydrogen) atoms. The smallest absolute Gasteiger partial charge is 0.256 e. The van der Waals surface area contributed by atoms with E-state index in [-0.39, 0.29) is 18.4 Å². The monoisotopic (exact) mass is 403 g/mol. The number of aryl methyl sites for hydroxylation is 1. The molecule has 1 aromatic heterocycles. The molecule has 1 aromatic carbocycles. The molecule has 132 valence electrons. The van der Waals surface area contributed by atoms with Crippen LogP contribution >= 0.6 is 15.9 Å². The lowest BCUT2D eigenvalue weighted by Gasteiger charge is -2.21. The Morgan fingerprint density at radius 1 is 1.20 bits per heavy atom. The third-order valence-electron chi connectivity index (χ3n) is 3.81. The Labute approximate surface area is 156 Å². The quantitative estimate of drug-likeness (QED) is 0.803. The maximum absolute atomic E-state index is 12.7. The van der Waals surface area contributed by atoms with Crippen LogP contribution in [0.3, 0.4) is 0 Å². The summed E-state index contributed by atoms with van der Waals surface area (Å²) in [5.74, 6) is -0.339. The molecule has 0 aliphatic rings. The third-order valence-corrected chi connectivity index (χ3v) is 4.31. The van der Waals surface area contributed by atoms with Crippen molar-refractivity contribution >= 4 is 27.7 Å². The molecule has 0 bridgehead atoms. The molecule has 2 rings (SSSR count). The minimum Gasteiger partial charge on any atom is -0.355 e. The summed E-state index contributed by atoms with van der Waals surface area (Å²) in [6.45, 7) is 6.58.